The van der Waals surface area contributed by atoms with E-state index >= 15 is 0 Å². The molecule has 1 atom stereocenters. The first-order valence-electron chi connectivity index (χ1n) is 9.71. The maximum atomic E-state index is 13.3. The van der Waals surface area contributed by atoms with Gasteiger partial charge in [0, 0.05) is 31.9 Å². The summed E-state index contributed by atoms with van der Waals surface area (Å²) in [5, 5.41) is 18.7. The van der Waals surface area contributed by atoms with E-state index < -0.39 is 0 Å². The van der Waals surface area contributed by atoms with Crippen molar-refractivity contribution in [1.29, 1.82) is 5.26 Å². The fourth-order valence-corrected chi connectivity index (χ4v) is 4.91. The number of aliphatic hydroxyl groups excluding tert-OH is 1. The van der Waals surface area contributed by atoms with Gasteiger partial charge in [0.05, 0.1) is 17.1 Å². The van der Waals surface area contributed by atoms with Crippen LogP contribution in [-0.2, 0) is 4.79 Å². The summed E-state index contributed by atoms with van der Waals surface area (Å²) in [5.41, 5.74) is 0.271. The summed E-state index contributed by atoms with van der Waals surface area (Å²) in [6.07, 6.45) is 7.73. The fraction of sp³-hybridized carbons (Fsp3) is 0.650. The summed E-state index contributed by atoms with van der Waals surface area (Å²) in [4.78, 5) is 22.0. The molecule has 26 heavy (non-hydrogen) atoms. The summed E-state index contributed by atoms with van der Waals surface area (Å²) < 4.78 is 0. The Kier molecular flexibility index (Phi) is 4.58. The number of nitrogens with zero attached hydrogens (tertiary/aromatic N) is 4. The van der Waals surface area contributed by atoms with Crippen LogP contribution in [0.5, 0.6) is 0 Å². The second-order valence-corrected chi connectivity index (χ2v) is 8.03. The summed E-state index contributed by atoms with van der Waals surface area (Å²) in [6, 6.07) is 6.08. The summed E-state index contributed by atoms with van der Waals surface area (Å²) in [5.74, 6) is 1.16. The molecule has 6 heteroatoms. The zero-order valence-electron chi connectivity index (χ0n) is 15.1. The van der Waals surface area contributed by atoms with Gasteiger partial charge in [0.15, 0.2) is 0 Å². The van der Waals surface area contributed by atoms with E-state index in [-0.39, 0.29) is 11.5 Å². The van der Waals surface area contributed by atoms with Crippen molar-refractivity contribution in [2.24, 2.45) is 5.41 Å². The quantitative estimate of drug-likeness (QED) is 0.879. The Morgan fingerprint density at radius 3 is 2.69 bits per heavy atom. The summed E-state index contributed by atoms with van der Waals surface area (Å²) >= 11 is 0. The minimum atomic E-state index is -0.288. The molecule has 138 valence electrons. The third-order valence-electron chi connectivity index (χ3n) is 6.43. The first-order valence-corrected chi connectivity index (χ1v) is 9.71. The molecule has 2 aliphatic heterocycles. The third kappa shape index (κ3) is 3.05. The molecule has 0 bridgehead atoms. The van der Waals surface area contributed by atoms with Crippen LogP contribution in [0.2, 0.25) is 0 Å². The van der Waals surface area contributed by atoms with Crippen LogP contribution in [0.3, 0.4) is 0 Å². The molecule has 3 aliphatic rings. The molecule has 1 spiro atoms. The minimum absolute atomic E-state index is 0.189. The highest BCUT2D eigenvalue weighted by atomic mass is 16.3. The van der Waals surface area contributed by atoms with Gasteiger partial charge in [-0.15, -0.1) is 0 Å². The predicted molar refractivity (Wildman–Crippen MR) is 97.4 cm³/mol. The molecule has 2 saturated heterocycles. The normalized spacial score (nSPS) is 32.1. The standard InChI is InChI=1S/C20H26N4O2/c21-12-15-2-7-18(22-13-15)23-10-1-8-20(14-23)9-11-24(19(20)26)16-3-5-17(25)6-4-16/h2,7,13,16-17,25H,1,3-6,8-11,14H2/t16-,17-,20?. The number of nitriles is 1. The summed E-state index contributed by atoms with van der Waals surface area (Å²) in [7, 11) is 0. The number of aromatic nitrogens is 1. The van der Waals surface area contributed by atoms with E-state index in [1.165, 1.54) is 0 Å². The number of rotatable bonds is 2. The van der Waals surface area contributed by atoms with Gasteiger partial charge in [0.2, 0.25) is 5.91 Å². The maximum absolute atomic E-state index is 13.3. The van der Waals surface area contributed by atoms with Crippen molar-refractivity contribution in [3.63, 3.8) is 0 Å². The average molecular weight is 354 g/mol. The van der Waals surface area contributed by atoms with Gasteiger partial charge >= 0.3 is 0 Å². The Labute approximate surface area is 154 Å². The Bertz CT molecular complexity index is 706. The molecule has 1 saturated carbocycles. The van der Waals surface area contributed by atoms with Gasteiger partial charge in [-0.2, -0.15) is 5.26 Å². The van der Waals surface area contributed by atoms with Crippen molar-refractivity contribution in [3.8, 4) is 6.07 Å². The van der Waals surface area contributed by atoms with Crippen molar-refractivity contribution >= 4 is 11.7 Å². The number of hydrogen-bond donors (Lipinski definition) is 1. The van der Waals surface area contributed by atoms with Crippen molar-refractivity contribution in [2.45, 2.75) is 57.1 Å². The van der Waals surface area contributed by atoms with Crippen molar-refractivity contribution in [3.05, 3.63) is 23.9 Å². The number of likely N-dealkylation sites (tertiary alicyclic amines) is 1. The van der Waals surface area contributed by atoms with E-state index in [1.807, 2.05) is 6.07 Å². The molecule has 1 aliphatic carbocycles. The topological polar surface area (TPSA) is 80.5 Å². The Hall–Kier alpha value is -2.13. The molecule has 0 radical (unpaired) electrons. The maximum Gasteiger partial charge on any atom is 0.230 e. The number of carbonyl (C=O) groups is 1. The predicted octanol–water partition coefficient (Wildman–Crippen LogP) is 2.08. The van der Waals surface area contributed by atoms with E-state index in [4.69, 9.17) is 5.26 Å². The number of piperidine rings is 1. The molecule has 3 fully saturated rings. The van der Waals surface area contributed by atoms with Crippen LogP contribution in [0.15, 0.2) is 18.3 Å². The van der Waals surface area contributed by atoms with Gasteiger partial charge in [-0.1, -0.05) is 0 Å². The Morgan fingerprint density at radius 1 is 1.19 bits per heavy atom. The average Bonchev–Trinajstić information content (AvgIpc) is 2.98. The largest absolute Gasteiger partial charge is 0.393 e. The van der Waals surface area contributed by atoms with Gasteiger partial charge in [-0.3, -0.25) is 4.79 Å². The van der Waals surface area contributed by atoms with E-state index in [0.717, 1.165) is 70.4 Å². The van der Waals surface area contributed by atoms with Gasteiger partial charge in [0.1, 0.15) is 11.9 Å². The van der Waals surface area contributed by atoms with Crippen LogP contribution in [0.25, 0.3) is 0 Å². The molecule has 1 unspecified atom stereocenters. The molecule has 4 rings (SSSR count). The van der Waals surface area contributed by atoms with Gasteiger partial charge < -0.3 is 14.9 Å². The Balaban J connectivity index is 1.48. The second-order valence-electron chi connectivity index (χ2n) is 8.03. The first-order chi connectivity index (χ1) is 12.6. The highest BCUT2D eigenvalue weighted by Gasteiger charge is 2.50. The SMILES string of the molecule is N#Cc1ccc(N2CCCC3(CCN([C@H]4CC[C@H](O)CC4)C3=O)C2)nc1. The van der Waals surface area contributed by atoms with E-state index in [9.17, 15) is 9.90 Å². The monoisotopic (exact) mass is 354 g/mol. The van der Waals surface area contributed by atoms with Crippen molar-refractivity contribution in [2.75, 3.05) is 24.5 Å². The lowest BCUT2D eigenvalue weighted by Crippen LogP contribution is -2.50. The lowest BCUT2D eigenvalue weighted by Gasteiger charge is -2.41. The number of aliphatic hydroxyl groups is 1. The van der Waals surface area contributed by atoms with E-state index in [0.29, 0.717) is 17.5 Å². The molecule has 1 aromatic rings. The van der Waals surface area contributed by atoms with Crippen molar-refractivity contribution in [1.82, 2.24) is 9.88 Å². The third-order valence-corrected chi connectivity index (χ3v) is 6.43. The number of carbonyl (C=O) groups excluding carboxylic acids is 1. The Morgan fingerprint density at radius 2 is 2.00 bits per heavy atom. The molecule has 1 N–H and O–H groups in total. The smallest absolute Gasteiger partial charge is 0.230 e. The first kappa shape index (κ1) is 17.3. The molecular formula is C20H26N4O2. The van der Waals surface area contributed by atoms with Crippen LogP contribution < -0.4 is 4.90 Å². The van der Waals surface area contributed by atoms with Crippen LogP contribution in [-0.4, -0.2) is 52.7 Å². The lowest BCUT2D eigenvalue weighted by molar-refractivity contribution is -0.139. The fourth-order valence-electron chi connectivity index (χ4n) is 4.91. The number of amides is 1. The zero-order valence-corrected chi connectivity index (χ0v) is 15.1. The summed E-state index contributed by atoms with van der Waals surface area (Å²) in [6.45, 7) is 2.47. The minimum Gasteiger partial charge on any atom is -0.393 e. The lowest BCUT2D eigenvalue weighted by atomic mass is 9.78. The van der Waals surface area contributed by atoms with Crippen LogP contribution in [0.4, 0.5) is 5.82 Å². The molecular weight excluding hydrogens is 328 g/mol. The molecule has 0 aromatic carbocycles. The number of anilines is 1. The number of hydrogen-bond acceptors (Lipinski definition) is 5. The zero-order chi connectivity index (χ0) is 18.1. The van der Waals surface area contributed by atoms with Gasteiger partial charge in [-0.25, -0.2) is 4.98 Å². The van der Waals surface area contributed by atoms with Crippen molar-refractivity contribution < 1.29 is 9.90 Å². The molecule has 1 aromatic heterocycles. The van der Waals surface area contributed by atoms with Gasteiger partial charge in [0.25, 0.3) is 0 Å². The van der Waals surface area contributed by atoms with E-state index in [2.05, 4.69) is 20.9 Å². The second kappa shape index (κ2) is 6.88. The molecule has 3 heterocycles. The molecule has 6 nitrogen and oxygen atoms in total. The highest BCUT2D eigenvalue weighted by molar-refractivity contribution is 5.86. The molecule has 1 amide bonds. The van der Waals surface area contributed by atoms with Crippen LogP contribution in [0.1, 0.15) is 50.5 Å². The van der Waals surface area contributed by atoms with Gasteiger partial charge in [-0.05, 0) is 57.1 Å². The number of pyridine rings is 1. The van der Waals surface area contributed by atoms with E-state index in [1.54, 1.807) is 12.3 Å². The highest BCUT2D eigenvalue weighted by Crippen LogP contribution is 2.43. The van der Waals surface area contributed by atoms with Crippen LogP contribution >= 0.6 is 0 Å². The van der Waals surface area contributed by atoms with Crippen LogP contribution in [0, 0.1) is 16.7 Å².